The molecule has 8 heteroatoms. The number of methoxy groups -OCH3 is 1. The molecule has 7 nitrogen and oxygen atoms in total. The molecule has 1 saturated heterocycles. The van der Waals surface area contributed by atoms with Gasteiger partial charge in [-0.25, -0.2) is 8.42 Å². The van der Waals surface area contributed by atoms with Crippen molar-refractivity contribution < 1.29 is 17.9 Å². The van der Waals surface area contributed by atoms with Crippen molar-refractivity contribution >= 4 is 21.6 Å². The number of carbonyl (C=O) groups excluding carboxylic acids is 1. The summed E-state index contributed by atoms with van der Waals surface area (Å²) in [7, 11) is -2.13. The third-order valence-electron chi connectivity index (χ3n) is 5.29. The van der Waals surface area contributed by atoms with Crippen LogP contribution in [0.2, 0.25) is 0 Å². The largest absolute Gasteiger partial charge is 0.495 e. The summed E-state index contributed by atoms with van der Waals surface area (Å²) < 4.78 is 33.5. The number of anilines is 1. The zero-order valence-electron chi connectivity index (χ0n) is 17.6. The van der Waals surface area contributed by atoms with Crippen molar-refractivity contribution in [3.8, 4) is 5.75 Å². The summed E-state index contributed by atoms with van der Waals surface area (Å²) in [5.41, 5.74) is 0.997. The van der Waals surface area contributed by atoms with E-state index in [1.807, 2.05) is 38.1 Å². The molecule has 1 fully saturated rings. The molecular formula is C22H29N3O4S. The van der Waals surface area contributed by atoms with Crippen LogP contribution in [0.25, 0.3) is 0 Å². The van der Waals surface area contributed by atoms with Gasteiger partial charge < -0.3 is 14.5 Å². The Morgan fingerprint density at radius 1 is 0.967 bits per heavy atom. The van der Waals surface area contributed by atoms with Gasteiger partial charge in [-0.2, -0.15) is 4.72 Å². The summed E-state index contributed by atoms with van der Waals surface area (Å²) in [5, 5.41) is 0. The van der Waals surface area contributed by atoms with Crippen molar-refractivity contribution in [2.75, 3.05) is 38.2 Å². The number of hydrogen-bond acceptors (Lipinski definition) is 5. The molecule has 162 valence electrons. The van der Waals surface area contributed by atoms with Crippen LogP contribution < -0.4 is 14.4 Å². The first-order valence-corrected chi connectivity index (χ1v) is 11.6. The summed E-state index contributed by atoms with van der Waals surface area (Å²) in [6.07, 6.45) is 0. The molecule has 1 aliphatic rings. The van der Waals surface area contributed by atoms with Gasteiger partial charge in [0, 0.05) is 26.2 Å². The van der Waals surface area contributed by atoms with Gasteiger partial charge in [-0.05, 0) is 30.2 Å². The molecule has 0 saturated carbocycles. The Morgan fingerprint density at radius 2 is 1.57 bits per heavy atom. The highest BCUT2D eigenvalue weighted by molar-refractivity contribution is 7.89. The van der Waals surface area contributed by atoms with Gasteiger partial charge in [-0.1, -0.05) is 44.2 Å². The van der Waals surface area contributed by atoms with E-state index in [1.165, 1.54) is 12.1 Å². The normalized spacial score (nSPS) is 15.9. The second kappa shape index (κ2) is 9.49. The molecule has 1 atom stereocenters. The number of rotatable bonds is 7. The van der Waals surface area contributed by atoms with Gasteiger partial charge in [0.15, 0.2) is 0 Å². The van der Waals surface area contributed by atoms with Gasteiger partial charge in [0.1, 0.15) is 11.8 Å². The van der Waals surface area contributed by atoms with Crippen molar-refractivity contribution in [1.82, 2.24) is 9.62 Å². The number of amides is 1. The van der Waals surface area contributed by atoms with Gasteiger partial charge in [0.25, 0.3) is 0 Å². The van der Waals surface area contributed by atoms with Crippen LogP contribution in [0.1, 0.15) is 13.8 Å². The molecule has 0 aromatic heterocycles. The van der Waals surface area contributed by atoms with Crippen molar-refractivity contribution in [2.45, 2.75) is 24.8 Å². The quantitative estimate of drug-likeness (QED) is 0.728. The van der Waals surface area contributed by atoms with Crippen LogP contribution in [0, 0.1) is 5.92 Å². The predicted molar refractivity (Wildman–Crippen MR) is 117 cm³/mol. The molecule has 1 aliphatic heterocycles. The highest BCUT2D eigenvalue weighted by atomic mass is 32.2. The molecule has 2 aromatic rings. The zero-order chi connectivity index (χ0) is 21.7. The van der Waals surface area contributed by atoms with E-state index in [9.17, 15) is 13.2 Å². The summed E-state index contributed by atoms with van der Waals surface area (Å²) >= 11 is 0. The number of carbonyl (C=O) groups is 1. The molecule has 30 heavy (non-hydrogen) atoms. The molecule has 0 unspecified atom stereocenters. The Labute approximate surface area is 178 Å². The van der Waals surface area contributed by atoms with Crippen LogP contribution in [-0.4, -0.2) is 58.6 Å². The van der Waals surface area contributed by atoms with Crippen LogP contribution in [0.15, 0.2) is 59.5 Å². The van der Waals surface area contributed by atoms with Crippen molar-refractivity contribution in [1.29, 1.82) is 0 Å². The zero-order valence-corrected chi connectivity index (χ0v) is 18.4. The monoisotopic (exact) mass is 431 g/mol. The van der Waals surface area contributed by atoms with Gasteiger partial charge >= 0.3 is 0 Å². The average molecular weight is 432 g/mol. The second-order valence-corrected chi connectivity index (χ2v) is 9.35. The van der Waals surface area contributed by atoms with Gasteiger partial charge in [0.05, 0.1) is 17.7 Å². The molecule has 0 bridgehead atoms. The van der Waals surface area contributed by atoms with E-state index in [1.54, 1.807) is 30.2 Å². The number of nitrogens with zero attached hydrogens (tertiary/aromatic N) is 2. The summed E-state index contributed by atoms with van der Waals surface area (Å²) in [6, 6.07) is 15.1. The first-order chi connectivity index (χ1) is 14.3. The highest BCUT2D eigenvalue weighted by Crippen LogP contribution is 2.28. The van der Waals surface area contributed by atoms with Crippen molar-refractivity contribution in [2.24, 2.45) is 5.92 Å². The highest BCUT2D eigenvalue weighted by Gasteiger charge is 2.33. The Morgan fingerprint density at radius 3 is 2.17 bits per heavy atom. The molecule has 2 aromatic carbocycles. The lowest BCUT2D eigenvalue weighted by molar-refractivity contribution is -0.134. The minimum atomic E-state index is -3.78. The minimum Gasteiger partial charge on any atom is -0.495 e. The van der Waals surface area contributed by atoms with Gasteiger partial charge in [-0.3, -0.25) is 4.79 Å². The number of ether oxygens (including phenoxy) is 1. The number of benzene rings is 2. The molecule has 0 radical (unpaired) electrons. The summed E-state index contributed by atoms with van der Waals surface area (Å²) in [4.78, 5) is 17.2. The fourth-order valence-corrected chi connectivity index (χ4v) is 4.92. The predicted octanol–water partition coefficient (Wildman–Crippen LogP) is 2.35. The molecule has 1 heterocycles. The number of sulfonamides is 1. The van der Waals surface area contributed by atoms with Crippen LogP contribution in [0.3, 0.4) is 0 Å². The molecule has 0 spiro atoms. The number of hydrogen-bond donors (Lipinski definition) is 1. The van der Waals surface area contributed by atoms with E-state index in [2.05, 4.69) is 9.62 Å². The average Bonchev–Trinajstić information content (AvgIpc) is 2.77. The van der Waals surface area contributed by atoms with E-state index in [0.29, 0.717) is 26.2 Å². The summed E-state index contributed by atoms with van der Waals surface area (Å²) in [5.74, 6) is 0.431. The van der Waals surface area contributed by atoms with E-state index < -0.39 is 16.1 Å². The Hall–Kier alpha value is -2.58. The van der Waals surface area contributed by atoms with Gasteiger partial charge in [0.2, 0.25) is 15.9 Å². The van der Waals surface area contributed by atoms with Crippen LogP contribution in [0.5, 0.6) is 5.75 Å². The lowest BCUT2D eigenvalue weighted by Crippen LogP contribution is -2.56. The van der Waals surface area contributed by atoms with Crippen molar-refractivity contribution in [3.05, 3.63) is 54.6 Å². The first-order valence-electron chi connectivity index (χ1n) is 10.1. The number of nitrogens with one attached hydrogen (secondary N) is 1. The molecule has 1 N–H and O–H groups in total. The van der Waals surface area contributed by atoms with Crippen LogP contribution in [-0.2, 0) is 14.8 Å². The smallest absolute Gasteiger partial charge is 0.241 e. The fourth-order valence-electron chi connectivity index (χ4n) is 3.56. The minimum absolute atomic E-state index is 0.157. The van der Waals surface area contributed by atoms with E-state index in [-0.39, 0.29) is 16.7 Å². The number of para-hydroxylation sites is 2. The van der Waals surface area contributed by atoms with E-state index in [0.717, 1.165) is 11.4 Å². The van der Waals surface area contributed by atoms with Crippen LogP contribution >= 0.6 is 0 Å². The SMILES string of the molecule is COc1ccccc1N1CCN(C(=O)[C@@H](NS(=O)(=O)c2ccccc2)C(C)C)CC1. The number of piperazine rings is 1. The Bertz CT molecular complexity index is 955. The maximum Gasteiger partial charge on any atom is 0.241 e. The Balaban J connectivity index is 1.69. The standard InChI is InChI=1S/C22H29N3O4S/c1-17(2)21(23-30(27,28)18-9-5-4-6-10-18)22(26)25-15-13-24(14-16-25)19-11-7-8-12-20(19)29-3/h4-12,17,21,23H,13-16H2,1-3H3/t21-/m0/s1. The van der Waals surface area contributed by atoms with Gasteiger partial charge in [-0.15, -0.1) is 0 Å². The molecule has 0 aliphatic carbocycles. The third kappa shape index (κ3) is 4.94. The molecular weight excluding hydrogens is 402 g/mol. The van der Waals surface area contributed by atoms with E-state index in [4.69, 9.17) is 4.74 Å². The van der Waals surface area contributed by atoms with Crippen molar-refractivity contribution in [3.63, 3.8) is 0 Å². The van der Waals surface area contributed by atoms with E-state index >= 15 is 0 Å². The Kier molecular flexibility index (Phi) is 6.99. The third-order valence-corrected chi connectivity index (χ3v) is 6.74. The molecule has 1 amide bonds. The molecule has 3 rings (SSSR count). The maximum atomic E-state index is 13.2. The topological polar surface area (TPSA) is 79.0 Å². The van der Waals surface area contributed by atoms with Crippen LogP contribution in [0.4, 0.5) is 5.69 Å². The fraction of sp³-hybridized carbons (Fsp3) is 0.409. The second-order valence-electron chi connectivity index (χ2n) is 7.64. The first kappa shape index (κ1) is 22.1. The summed E-state index contributed by atoms with van der Waals surface area (Å²) in [6.45, 7) is 6.05. The lowest BCUT2D eigenvalue weighted by Gasteiger charge is -2.38. The lowest BCUT2D eigenvalue weighted by atomic mass is 10.0. The maximum absolute atomic E-state index is 13.2.